The highest BCUT2D eigenvalue weighted by Gasteiger charge is 2.01. The Kier molecular flexibility index (Phi) is 11.5. The molecular formula is C19H28IN5O2S. The lowest BCUT2D eigenvalue weighted by Gasteiger charge is -2.12. The Hall–Kier alpha value is -1.88. The molecule has 2 aromatic rings. The van der Waals surface area contributed by atoms with Gasteiger partial charge in [0.2, 0.25) is 5.91 Å². The number of ether oxygens (including phenoxy) is 1. The molecule has 1 amide bonds. The normalized spacial score (nSPS) is 10.8. The molecule has 1 aromatic carbocycles. The molecule has 0 aliphatic rings. The Labute approximate surface area is 187 Å². The molecule has 1 heterocycles. The number of thiazole rings is 1. The van der Waals surface area contributed by atoms with Crippen LogP contribution in [-0.4, -0.2) is 43.1 Å². The van der Waals surface area contributed by atoms with Crippen molar-refractivity contribution in [3.63, 3.8) is 0 Å². The third kappa shape index (κ3) is 9.36. The summed E-state index contributed by atoms with van der Waals surface area (Å²) in [7, 11) is 0. The number of aryl methyl sites for hydroxylation is 1. The van der Waals surface area contributed by atoms with Gasteiger partial charge in [-0.15, -0.1) is 35.3 Å². The van der Waals surface area contributed by atoms with Crippen molar-refractivity contribution in [1.82, 2.24) is 15.6 Å². The van der Waals surface area contributed by atoms with Gasteiger partial charge in [-0.3, -0.25) is 9.79 Å². The van der Waals surface area contributed by atoms with E-state index in [0.717, 1.165) is 29.6 Å². The lowest BCUT2D eigenvalue weighted by molar-refractivity contribution is -0.114. The van der Waals surface area contributed by atoms with Crippen molar-refractivity contribution in [2.24, 2.45) is 4.99 Å². The molecule has 9 heteroatoms. The fourth-order valence-corrected chi connectivity index (χ4v) is 3.10. The molecule has 0 unspecified atom stereocenters. The van der Waals surface area contributed by atoms with E-state index in [1.54, 1.807) is 17.4 Å². The lowest BCUT2D eigenvalue weighted by Crippen LogP contribution is -2.39. The number of carbonyl (C=O) groups excluding carboxylic acids is 1. The standard InChI is InChI=1S/C19H27N5O2S.HI/c1-4-20-19(21-9-8-18-23-13-14(2)27-18)22-10-11-26-17-7-5-6-16(12-17)24-15(3)25;/h5-7,12-13H,4,8-11H2,1-3H3,(H,24,25)(H2,20,21,22);1H. The molecule has 154 valence electrons. The van der Waals surface area contributed by atoms with E-state index in [1.807, 2.05) is 31.3 Å². The molecule has 0 bridgehead atoms. The van der Waals surface area contributed by atoms with E-state index in [2.05, 4.69) is 32.9 Å². The Morgan fingerprint density at radius 1 is 1.32 bits per heavy atom. The first-order valence-electron chi connectivity index (χ1n) is 9.00. The number of hydrogen-bond acceptors (Lipinski definition) is 5. The van der Waals surface area contributed by atoms with Gasteiger partial charge in [-0.05, 0) is 26.0 Å². The van der Waals surface area contributed by atoms with Crippen LogP contribution in [0.4, 0.5) is 5.69 Å². The van der Waals surface area contributed by atoms with Gasteiger partial charge in [0, 0.05) is 49.3 Å². The van der Waals surface area contributed by atoms with Crippen molar-refractivity contribution >= 4 is 52.9 Å². The van der Waals surface area contributed by atoms with Crippen LogP contribution >= 0.6 is 35.3 Å². The third-order valence-electron chi connectivity index (χ3n) is 3.43. The number of carbonyl (C=O) groups is 1. The van der Waals surface area contributed by atoms with Crippen LogP contribution in [0.3, 0.4) is 0 Å². The topological polar surface area (TPSA) is 87.6 Å². The Bertz CT molecular complexity index is 766. The van der Waals surface area contributed by atoms with Crippen LogP contribution in [0.25, 0.3) is 0 Å². The zero-order valence-corrected chi connectivity index (χ0v) is 19.6. The monoisotopic (exact) mass is 517 g/mol. The summed E-state index contributed by atoms with van der Waals surface area (Å²) < 4.78 is 5.73. The van der Waals surface area contributed by atoms with Crippen LogP contribution in [-0.2, 0) is 11.2 Å². The summed E-state index contributed by atoms with van der Waals surface area (Å²) in [6.45, 7) is 8.15. The fraction of sp³-hybridized carbons (Fsp3) is 0.421. The van der Waals surface area contributed by atoms with Gasteiger partial charge in [0.05, 0.1) is 11.6 Å². The molecule has 0 aliphatic heterocycles. The highest BCUT2D eigenvalue weighted by Crippen LogP contribution is 2.17. The Morgan fingerprint density at radius 3 is 2.82 bits per heavy atom. The molecule has 0 saturated heterocycles. The van der Waals surface area contributed by atoms with Crippen molar-refractivity contribution < 1.29 is 9.53 Å². The van der Waals surface area contributed by atoms with Crippen LogP contribution < -0.4 is 20.7 Å². The first kappa shape index (κ1) is 24.2. The average molecular weight is 517 g/mol. The van der Waals surface area contributed by atoms with E-state index in [1.165, 1.54) is 11.8 Å². The minimum atomic E-state index is -0.104. The van der Waals surface area contributed by atoms with Crippen molar-refractivity contribution in [2.75, 3.05) is 31.6 Å². The number of amides is 1. The highest BCUT2D eigenvalue weighted by molar-refractivity contribution is 14.0. The van der Waals surface area contributed by atoms with Gasteiger partial charge in [0.1, 0.15) is 12.4 Å². The van der Waals surface area contributed by atoms with Crippen LogP contribution in [0.15, 0.2) is 35.5 Å². The molecule has 0 saturated carbocycles. The predicted octanol–water partition coefficient (Wildman–Crippen LogP) is 3.20. The highest BCUT2D eigenvalue weighted by atomic mass is 127. The average Bonchev–Trinajstić information content (AvgIpc) is 3.03. The van der Waals surface area contributed by atoms with E-state index in [0.29, 0.717) is 25.4 Å². The van der Waals surface area contributed by atoms with Gasteiger partial charge < -0.3 is 20.7 Å². The van der Waals surface area contributed by atoms with Crippen molar-refractivity contribution in [3.8, 4) is 5.75 Å². The number of benzene rings is 1. The summed E-state index contributed by atoms with van der Waals surface area (Å²) >= 11 is 1.71. The molecule has 0 spiro atoms. The largest absolute Gasteiger partial charge is 0.492 e. The number of aromatic nitrogens is 1. The summed E-state index contributed by atoms with van der Waals surface area (Å²) in [5.41, 5.74) is 0.722. The maximum atomic E-state index is 11.1. The SMILES string of the molecule is CCNC(=NCCc1ncc(C)s1)NCCOc1cccc(NC(C)=O)c1.I. The molecule has 3 N–H and O–H groups in total. The van der Waals surface area contributed by atoms with Gasteiger partial charge in [0.15, 0.2) is 5.96 Å². The minimum absolute atomic E-state index is 0. The number of aliphatic imine (C=N–C) groups is 1. The maximum Gasteiger partial charge on any atom is 0.221 e. The zero-order chi connectivity index (χ0) is 19.5. The molecule has 0 radical (unpaired) electrons. The lowest BCUT2D eigenvalue weighted by atomic mass is 10.3. The number of hydrogen-bond donors (Lipinski definition) is 3. The third-order valence-corrected chi connectivity index (χ3v) is 4.40. The quantitative estimate of drug-likeness (QED) is 0.206. The summed E-state index contributed by atoms with van der Waals surface area (Å²) in [5.74, 6) is 1.37. The summed E-state index contributed by atoms with van der Waals surface area (Å²) in [6, 6.07) is 7.34. The molecule has 1 aromatic heterocycles. The predicted molar refractivity (Wildman–Crippen MR) is 126 cm³/mol. The van der Waals surface area contributed by atoms with Gasteiger partial charge in [0.25, 0.3) is 0 Å². The van der Waals surface area contributed by atoms with Crippen molar-refractivity contribution in [2.45, 2.75) is 27.2 Å². The molecule has 2 rings (SSSR count). The van der Waals surface area contributed by atoms with E-state index >= 15 is 0 Å². The van der Waals surface area contributed by atoms with E-state index in [9.17, 15) is 4.79 Å². The van der Waals surface area contributed by atoms with E-state index < -0.39 is 0 Å². The van der Waals surface area contributed by atoms with E-state index in [4.69, 9.17) is 4.74 Å². The molecule has 0 fully saturated rings. The Balaban J connectivity index is 0.00000392. The van der Waals surface area contributed by atoms with Gasteiger partial charge in [-0.1, -0.05) is 6.07 Å². The number of anilines is 1. The molecule has 0 atom stereocenters. The van der Waals surface area contributed by atoms with Gasteiger partial charge in [-0.2, -0.15) is 0 Å². The summed E-state index contributed by atoms with van der Waals surface area (Å²) in [4.78, 5) is 21.3. The second-order valence-electron chi connectivity index (χ2n) is 5.86. The van der Waals surface area contributed by atoms with Gasteiger partial charge >= 0.3 is 0 Å². The van der Waals surface area contributed by atoms with Crippen LogP contribution in [0.2, 0.25) is 0 Å². The van der Waals surface area contributed by atoms with Crippen LogP contribution in [0.5, 0.6) is 5.75 Å². The van der Waals surface area contributed by atoms with Crippen LogP contribution in [0, 0.1) is 6.92 Å². The van der Waals surface area contributed by atoms with Gasteiger partial charge in [-0.25, -0.2) is 4.98 Å². The minimum Gasteiger partial charge on any atom is -0.492 e. The van der Waals surface area contributed by atoms with E-state index in [-0.39, 0.29) is 29.9 Å². The number of rotatable bonds is 9. The Morgan fingerprint density at radius 2 is 2.14 bits per heavy atom. The molecule has 28 heavy (non-hydrogen) atoms. The molecular weight excluding hydrogens is 489 g/mol. The zero-order valence-electron chi connectivity index (χ0n) is 16.4. The van der Waals surface area contributed by atoms with Crippen LogP contribution in [0.1, 0.15) is 23.7 Å². The number of nitrogens with zero attached hydrogens (tertiary/aromatic N) is 2. The van der Waals surface area contributed by atoms with Crippen molar-refractivity contribution in [3.05, 3.63) is 40.3 Å². The number of guanidine groups is 1. The molecule has 7 nitrogen and oxygen atoms in total. The number of nitrogens with one attached hydrogen (secondary N) is 3. The molecule has 0 aliphatic carbocycles. The smallest absolute Gasteiger partial charge is 0.221 e. The second-order valence-corrected chi connectivity index (χ2v) is 7.18. The second kappa shape index (κ2) is 13.3. The van der Waals surface area contributed by atoms with Crippen molar-refractivity contribution in [1.29, 1.82) is 0 Å². The fourth-order valence-electron chi connectivity index (χ4n) is 2.33. The first-order chi connectivity index (χ1) is 13.1. The first-order valence-corrected chi connectivity index (χ1v) is 9.82. The maximum absolute atomic E-state index is 11.1. The summed E-state index contributed by atoms with van der Waals surface area (Å²) in [5, 5.41) is 10.3. The number of halogens is 1. The summed E-state index contributed by atoms with van der Waals surface area (Å²) in [6.07, 6.45) is 2.73.